The van der Waals surface area contributed by atoms with Crippen molar-refractivity contribution < 1.29 is 123 Å². The minimum atomic E-state index is -2.96. The number of carboxylic acids is 1. The van der Waals surface area contributed by atoms with E-state index in [1.54, 1.807) is 34.8 Å². The quantitative estimate of drug-likeness (QED) is 0.0181. The van der Waals surface area contributed by atoms with Gasteiger partial charge in [0, 0.05) is 41.9 Å². The summed E-state index contributed by atoms with van der Waals surface area (Å²) in [6.07, 6.45) is 19.1. The number of hydrogen-bond acceptors (Lipinski definition) is 16. The van der Waals surface area contributed by atoms with Gasteiger partial charge in [0.25, 0.3) is 5.97 Å². The van der Waals surface area contributed by atoms with Gasteiger partial charge in [-0.1, -0.05) is 202 Å². The molecule has 0 fully saturated rings. The van der Waals surface area contributed by atoms with Gasteiger partial charge in [-0.15, -0.1) is 30.6 Å². The van der Waals surface area contributed by atoms with Crippen molar-refractivity contribution in [3.63, 3.8) is 0 Å². The van der Waals surface area contributed by atoms with Gasteiger partial charge < -0.3 is 59.9 Å². The van der Waals surface area contributed by atoms with Crippen molar-refractivity contribution in [1.29, 1.82) is 0 Å². The largest absolute Gasteiger partial charge is 1.00 e. The maximum absolute atomic E-state index is 11.2. The van der Waals surface area contributed by atoms with Gasteiger partial charge in [-0.25, -0.2) is 0 Å². The summed E-state index contributed by atoms with van der Waals surface area (Å²) < 4.78 is 44.2. The topological polar surface area (TPSA) is 291 Å². The summed E-state index contributed by atoms with van der Waals surface area (Å²) in [5.41, 5.74) is -0.931. The first kappa shape index (κ1) is 184. The third-order valence-electron chi connectivity index (χ3n) is 2.70. The van der Waals surface area contributed by atoms with E-state index in [4.69, 9.17) is 61.9 Å². The SMILES string of the molecule is C#CC.C#CC(C)(C)O.CB(O)O.CB(O)O.CC.CC.CC.CC.CC.CC.CC.CC.CC.CC#CC.CC(=O)O.CC=CC.CC=CC.CC=O.CCC.CCCC.CF.CO.COC(C)(F)F.COC(C)=O.COC(C)=S.OO.[Na+].[OH-]. The average Bonchev–Trinajstić information content (AvgIpc) is 3.49. The number of unbranched alkanes of at least 4 members (excludes halogenated alkanes) is 1. The first-order chi connectivity index (χ1) is 38.8. The van der Waals surface area contributed by atoms with Crippen LogP contribution >= 0.6 is 12.2 Å². The number of aldehydes is 1. The summed E-state index contributed by atoms with van der Waals surface area (Å²) in [7, 11) is 3.03. The van der Waals surface area contributed by atoms with Crippen LogP contribution in [0.15, 0.2) is 24.3 Å². The monoisotopic (exact) mass is 1290 g/mol. The molecule has 0 saturated heterocycles. The molecule has 0 amide bonds. The van der Waals surface area contributed by atoms with Crippen molar-refractivity contribution in [2.75, 3.05) is 35.6 Å². The molecule has 0 aromatic carbocycles. The van der Waals surface area contributed by atoms with Crippen LogP contribution in [0.1, 0.15) is 269 Å². The van der Waals surface area contributed by atoms with Gasteiger partial charge in [0.15, 0.2) is 5.05 Å². The smallest absolute Gasteiger partial charge is 0.870 e. The number of aliphatic carboxylic acids is 1. The molecule has 0 aliphatic heterocycles. The second kappa shape index (κ2) is 340. The summed E-state index contributed by atoms with van der Waals surface area (Å²) in [5, 5.41) is 66.0. The number of thiocarbonyl (C=S) groups is 1. The Balaban J connectivity index is -0.0000000154. The van der Waals surface area contributed by atoms with Crippen molar-refractivity contribution in [1.82, 2.24) is 0 Å². The zero-order valence-electron chi connectivity index (χ0n) is 64.3. The van der Waals surface area contributed by atoms with E-state index in [-0.39, 0.29) is 41.0 Å². The number of carbonyl (C=O) groups excluding carboxylic acids is 2. The number of rotatable bonds is 2. The van der Waals surface area contributed by atoms with Crippen LogP contribution in [-0.2, 0) is 28.6 Å². The van der Waals surface area contributed by atoms with Crippen molar-refractivity contribution in [2.45, 2.75) is 294 Å². The molecule has 0 heterocycles. The molecule has 10 N–H and O–H groups in total. The van der Waals surface area contributed by atoms with Gasteiger partial charge in [0.05, 0.1) is 21.4 Å². The van der Waals surface area contributed by atoms with Crippen LogP contribution in [0.3, 0.4) is 0 Å². The van der Waals surface area contributed by atoms with Gasteiger partial charge in [0.2, 0.25) is 0 Å². The van der Waals surface area contributed by atoms with Gasteiger partial charge in [-0.05, 0) is 95.1 Å². The second-order valence-corrected chi connectivity index (χ2v) is 10.5. The molecule has 0 bridgehead atoms. The number of aliphatic hydroxyl groups excluding tert-OH is 1. The average molecular weight is 1290 g/mol. The van der Waals surface area contributed by atoms with Crippen LogP contribution in [0, 0.1) is 36.5 Å². The third kappa shape index (κ3) is 4070. The third-order valence-corrected chi connectivity index (χ3v) is 2.87. The first-order valence-corrected chi connectivity index (χ1v) is 28.6. The Morgan fingerprint density at radius 2 is 0.659 bits per heavy atom. The van der Waals surface area contributed by atoms with Gasteiger partial charge in [-0.3, -0.25) is 24.5 Å². The van der Waals surface area contributed by atoms with Crippen molar-refractivity contribution in [2.24, 2.45) is 0 Å². The number of esters is 1. The number of aliphatic hydroxyl groups is 2. The minimum Gasteiger partial charge on any atom is -0.870 e. The molecule has 0 unspecified atom stereocenters. The molecule has 16 nitrogen and oxygen atoms in total. The first-order valence-electron chi connectivity index (χ1n) is 28.2. The van der Waals surface area contributed by atoms with Crippen molar-refractivity contribution >= 4 is 49.7 Å². The van der Waals surface area contributed by atoms with E-state index in [1.807, 2.05) is 190 Å². The molecule has 0 aliphatic carbocycles. The summed E-state index contributed by atoms with van der Waals surface area (Å²) in [6, 6.07) is 0. The minimum absolute atomic E-state index is 0. The molecule has 0 atom stereocenters. The van der Waals surface area contributed by atoms with E-state index in [9.17, 15) is 18.0 Å². The van der Waals surface area contributed by atoms with E-state index in [0.29, 0.717) is 19.2 Å². The van der Waals surface area contributed by atoms with E-state index in [2.05, 4.69) is 84.2 Å². The predicted octanol–water partition coefficient (Wildman–Crippen LogP) is 15.6. The zero-order chi connectivity index (χ0) is 75.5. The van der Waals surface area contributed by atoms with Gasteiger partial charge >= 0.3 is 55.9 Å². The molecule has 0 aromatic rings. The molecule has 85 heavy (non-hydrogen) atoms. The molecule has 0 spiro atoms. The van der Waals surface area contributed by atoms with Crippen LogP contribution in [0.5, 0.6) is 0 Å². The van der Waals surface area contributed by atoms with Gasteiger partial charge in [-0.2, -0.15) is 8.78 Å². The Bertz CT molecular complexity index is 921. The number of alkyl halides is 3. The summed E-state index contributed by atoms with van der Waals surface area (Å²) in [5.74, 6) is 8.69. The van der Waals surface area contributed by atoms with E-state index in [1.165, 1.54) is 53.9 Å². The molecule has 0 aliphatic rings. The van der Waals surface area contributed by atoms with Crippen LogP contribution in [0.25, 0.3) is 0 Å². The van der Waals surface area contributed by atoms with E-state index >= 15 is 0 Å². The Kier molecular flexibility index (Phi) is 738. The Morgan fingerprint density at radius 1 is 0.576 bits per heavy atom. The fraction of sp³-hybridized carbons (Fsp3) is 0.774. The fourth-order valence-electron chi connectivity index (χ4n) is 0. The van der Waals surface area contributed by atoms with E-state index in [0.717, 1.165) is 27.4 Å². The standard InChI is InChI=1S/C5H8O.C4H10.2C4H8.C4H6.C3H6F2O.C3H6O2.C3H6OS.C3H8.C3H4.C2H4O2.C2H4O.9C2H6.2CH5BO2.CH3F.CH4O.Na.H2O2.H2O/c1-4-5(2,3)6;4*1-3-4-2;1-3(4,5)6-2;1-3(4)5-2;1-3(5)4-2;2*1-3-2;1-2(3)4;1-2-3;9*1-2;2*1-2(3)4;2*1-2;;1-2;/h1,6H,2-3H3;3-4H2,1-2H3;2*3-4H,1-2H3;1-2H3;1-2H3;2*1-2H3;3H2,1-2H3;1H,2H3;1H3,(H,3,4);2H,1H3;9*1-2H3;2*3-4H,1H3;1H3;2H,1H3;;1-2H;1H2/q;;;;;;;;;;;;;;;;;;;;;;;;;+1;;/p-1. The van der Waals surface area contributed by atoms with Crippen molar-refractivity contribution in [3.8, 4) is 36.5 Å². The number of carboxylic acid groups (broad SMARTS) is 1. The number of terminal acetylenes is 2. The predicted molar refractivity (Wildman–Crippen MR) is 379 cm³/mol. The van der Waals surface area contributed by atoms with Gasteiger partial charge in [0.1, 0.15) is 11.9 Å². The summed E-state index contributed by atoms with van der Waals surface area (Å²) in [6.45, 7) is 69.9. The Morgan fingerprint density at radius 3 is 0.659 bits per heavy atom. The Labute approximate surface area is 559 Å². The van der Waals surface area contributed by atoms with Crippen LogP contribution in [0.2, 0.25) is 13.6 Å². The van der Waals surface area contributed by atoms with Crippen molar-refractivity contribution in [3.05, 3.63) is 24.3 Å². The number of methoxy groups -OCH3 is 3. The molecule has 530 valence electrons. The number of halogens is 3. The maximum Gasteiger partial charge on any atom is 1.00 e. The normalized spacial score (nSPS) is 6.02. The summed E-state index contributed by atoms with van der Waals surface area (Å²) in [4.78, 5) is 27.4. The van der Waals surface area contributed by atoms with Crippen LogP contribution < -0.4 is 29.6 Å². The second-order valence-electron chi connectivity index (χ2n) is 9.95. The number of hydrogen-bond donors (Lipinski definition) is 9. The van der Waals surface area contributed by atoms with E-state index < -0.39 is 31.9 Å². The fourth-order valence-corrected chi connectivity index (χ4v) is 0. The number of ether oxygens (including phenoxy) is 3. The Hall–Kier alpha value is -2.82. The number of carbonyl (C=O) groups is 3. The molecular formula is C62H152B2F3NaO16S. The number of allylic oxidation sites excluding steroid dienone is 4. The molecule has 0 saturated carbocycles. The molecular weight excluding hydrogens is 1130 g/mol. The molecule has 0 rings (SSSR count). The summed E-state index contributed by atoms with van der Waals surface area (Å²) >= 11 is 4.47. The molecule has 0 aromatic heterocycles. The molecule has 0 radical (unpaired) electrons. The van der Waals surface area contributed by atoms with Crippen LogP contribution in [0.4, 0.5) is 13.2 Å². The maximum atomic E-state index is 11.2. The van der Waals surface area contributed by atoms with Crippen LogP contribution in [-0.4, -0.2) is 136 Å². The molecule has 23 heteroatoms. The zero-order valence-corrected chi connectivity index (χ0v) is 67.1.